The van der Waals surface area contributed by atoms with Crippen LogP contribution in [0.3, 0.4) is 0 Å². The molecule has 16 heavy (non-hydrogen) atoms. The molecule has 1 N–H and O–H groups in total. The lowest BCUT2D eigenvalue weighted by Crippen LogP contribution is -2.27. The Morgan fingerprint density at radius 1 is 1.12 bits per heavy atom. The predicted octanol–water partition coefficient (Wildman–Crippen LogP) is 2.66. The highest BCUT2D eigenvalue weighted by Crippen LogP contribution is 2.38. The van der Waals surface area contributed by atoms with E-state index in [4.69, 9.17) is 12.2 Å². The van der Waals surface area contributed by atoms with Crippen LogP contribution in [0.2, 0.25) is 0 Å². The molecule has 1 aliphatic heterocycles. The lowest BCUT2D eigenvalue weighted by Gasteiger charge is -2.21. The summed E-state index contributed by atoms with van der Waals surface area (Å²) < 4.78 is 3.02. The van der Waals surface area contributed by atoms with Crippen molar-refractivity contribution in [1.82, 2.24) is 14.8 Å². The van der Waals surface area contributed by atoms with Crippen molar-refractivity contribution in [3.8, 4) is 0 Å². The van der Waals surface area contributed by atoms with E-state index in [9.17, 15) is 0 Å². The van der Waals surface area contributed by atoms with Crippen LogP contribution in [0.4, 0.5) is 5.95 Å². The molecule has 2 aliphatic rings. The summed E-state index contributed by atoms with van der Waals surface area (Å²) in [6.45, 7) is 2.26. The van der Waals surface area contributed by atoms with Crippen LogP contribution in [0.25, 0.3) is 0 Å². The third kappa shape index (κ3) is 1.88. The van der Waals surface area contributed by atoms with Crippen LogP contribution in [-0.2, 0) is 0 Å². The number of rotatable bonds is 2. The van der Waals surface area contributed by atoms with E-state index in [-0.39, 0.29) is 0 Å². The van der Waals surface area contributed by atoms with Gasteiger partial charge in [0.2, 0.25) is 5.95 Å². The van der Waals surface area contributed by atoms with Crippen molar-refractivity contribution < 1.29 is 0 Å². The van der Waals surface area contributed by atoms with Crippen molar-refractivity contribution in [3.63, 3.8) is 0 Å². The first-order valence-corrected chi connectivity index (χ1v) is 6.69. The Balaban J connectivity index is 1.89. The van der Waals surface area contributed by atoms with Crippen LogP contribution in [-0.4, -0.2) is 27.9 Å². The first-order valence-electron chi connectivity index (χ1n) is 6.28. The third-order valence-electron chi connectivity index (χ3n) is 3.49. The first-order chi connectivity index (χ1) is 7.86. The number of hydrogen-bond acceptors (Lipinski definition) is 3. The molecule has 2 fully saturated rings. The summed E-state index contributed by atoms with van der Waals surface area (Å²) in [5.41, 5.74) is 0. The number of aromatic nitrogens is 3. The van der Waals surface area contributed by atoms with Crippen LogP contribution in [0, 0.1) is 4.77 Å². The first kappa shape index (κ1) is 10.3. The zero-order valence-electron chi connectivity index (χ0n) is 9.48. The van der Waals surface area contributed by atoms with Crippen molar-refractivity contribution in [2.75, 3.05) is 18.0 Å². The lowest BCUT2D eigenvalue weighted by atomic mass is 10.2. The summed E-state index contributed by atoms with van der Waals surface area (Å²) in [5, 5.41) is 7.36. The topological polar surface area (TPSA) is 36.9 Å². The van der Waals surface area contributed by atoms with Gasteiger partial charge in [-0.25, -0.2) is 5.10 Å². The van der Waals surface area contributed by atoms with E-state index in [1.807, 2.05) is 0 Å². The number of hydrogen-bond donors (Lipinski definition) is 1. The largest absolute Gasteiger partial charge is 0.341 e. The second-order valence-electron chi connectivity index (χ2n) is 4.83. The summed E-state index contributed by atoms with van der Waals surface area (Å²) >= 11 is 5.31. The third-order valence-corrected chi connectivity index (χ3v) is 3.77. The van der Waals surface area contributed by atoms with Crippen LogP contribution >= 0.6 is 12.2 Å². The van der Waals surface area contributed by atoms with E-state index in [1.54, 1.807) is 0 Å². The zero-order valence-corrected chi connectivity index (χ0v) is 10.3. The Morgan fingerprint density at radius 3 is 2.44 bits per heavy atom. The molecule has 0 aromatic carbocycles. The summed E-state index contributed by atoms with van der Waals surface area (Å²) in [4.78, 5) is 2.40. The molecule has 0 amide bonds. The molecule has 88 valence electrons. The molecule has 1 saturated heterocycles. The Kier molecular flexibility index (Phi) is 2.71. The molecular formula is C11H18N4S. The second-order valence-corrected chi connectivity index (χ2v) is 5.22. The van der Waals surface area contributed by atoms with E-state index in [0.29, 0.717) is 6.04 Å². The molecule has 0 radical (unpaired) electrons. The minimum Gasteiger partial charge on any atom is -0.341 e. The van der Waals surface area contributed by atoms with Crippen molar-refractivity contribution in [1.29, 1.82) is 0 Å². The monoisotopic (exact) mass is 238 g/mol. The highest BCUT2D eigenvalue weighted by atomic mass is 32.1. The Bertz CT molecular complexity index is 410. The van der Waals surface area contributed by atoms with Crippen LogP contribution in [0.1, 0.15) is 44.6 Å². The fourth-order valence-electron chi connectivity index (χ4n) is 2.45. The molecule has 4 nitrogen and oxygen atoms in total. The second kappa shape index (κ2) is 4.20. The van der Waals surface area contributed by atoms with Crippen molar-refractivity contribution in [3.05, 3.63) is 4.77 Å². The molecule has 2 heterocycles. The molecule has 1 aromatic rings. The molecule has 0 atom stereocenters. The van der Waals surface area contributed by atoms with Gasteiger partial charge in [0.15, 0.2) is 4.77 Å². The standard InChI is InChI=1S/C11H18N4S/c16-11-13-12-10(15(11)9-5-6-9)14-7-3-1-2-4-8-14/h9H,1-8H2,(H,13,16). The summed E-state index contributed by atoms with van der Waals surface area (Å²) in [6, 6.07) is 0.615. The van der Waals surface area contributed by atoms with Gasteiger partial charge in [-0.15, -0.1) is 5.10 Å². The molecule has 0 unspecified atom stereocenters. The number of nitrogens with one attached hydrogen (secondary N) is 1. The van der Waals surface area contributed by atoms with E-state index < -0.39 is 0 Å². The minimum atomic E-state index is 0.615. The molecule has 1 aliphatic carbocycles. The SMILES string of the molecule is S=c1[nH]nc(N2CCCCCC2)n1C1CC1. The molecule has 1 saturated carbocycles. The average molecular weight is 238 g/mol. The molecule has 3 rings (SSSR count). The number of aromatic amines is 1. The Hall–Kier alpha value is -0.840. The van der Waals surface area contributed by atoms with E-state index in [2.05, 4.69) is 19.7 Å². The van der Waals surface area contributed by atoms with Gasteiger partial charge in [0, 0.05) is 19.1 Å². The molecule has 0 spiro atoms. The normalized spacial score (nSPS) is 22.1. The Morgan fingerprint density at radius 2 is 1.81 bits per heavy atom. The van der Waals surface area contributed by atoms with Gasteiger partial charge < -0.3 is 4.90 Å². The van der Waals surface area contributed by atoms with E-state index in [1.165, 1.54) is 38.5 Å². The highest BCUT2D eigenvalue weighted by Gasteiger charge is 2.29. The summed E-state index contributed by atoms with van der Waals surface area (Å²) in [7, 11) is 0. The van der Waals surface area contributed by atoms with Crippen LogP contribution in [0.15, 0.2) is 0 Å². The van der Waals surface area contributed by atoms with Crippen LogP contribution < -0.4 is 4.90 Å². The minimum absolute atomic E-state index is 0.615. The number of anilines is 1. The fourth-order valence-corrected chi connectivity index (χ4v) is 2.73. The summed E-state index contributed by atoms with van der Waals surface area (Å²) in [5.74, 6) is 1.08. The maximum Gasteiger partial charge on any atom is 0.225 e. The van der Waals surface area contributed by atoms with Gasteiger partial charge in [-0.05, 0) is 37.9 Å². The smallest absolute Gasteiger partial charge is 0.225 e. The molecule has 0 bridgehead atoms. The number of nitrogens with zero attached hydrogens (tertiary/aromatic N) is 3. The maximum atomic E-state index is 5.31. The highest BCUT2D eigenvalue weighted by molar-refractivity contribution is 7.71. The zero-order chi connectivity index (χ0) is 11.0. The van der Waals surface area contributed by atoms with E-state index >= 15 is 0 Å². The number of H-pyrrole nitrogens is 1. The molecule has 1 aromatic heterocycles. The lowest BCUT2D eigenvalue weighted by molar-refractivity contribution is 0.675. The van der Waals surface area contributed by atoms with Crippen LogP contribution in [0.5, 0.6) is 0 Å². The molecular weight excluding hydrogens is 220 g/mol. The van der Waals surface area contributed by atoms with Gasteiger partial charge in [-0.3, -0.25) is 4.57 Å². The maximum absolute atomic E-state index is 5.31. The Labute approximate surface area is 101 Å². The predicted molar refractivity (Wildman–Crippen MR) is 66.4 cm³/mol. The van der Waals surface area contributed by atoms with Gasteiger partial charge in [0.05, 0.1) is 0 Å². The fraction of sp³-hybridized carbons (Fsp3) is 0.818. The van der Waals surface area contributed by atoms with Gasteiger partial charge in [0.1, 0.15) is 0 Å². The van der Waals surface area contributed by atoms with Gasteiger partial charge in [-0.1, -0.05) is 12.8 Å². The van der Waals surface area contributed by atoms with E-state index in [0.717, 1.165) is 23.8 Å². The van der Waals surface area contributed by atoms with Gasteiger partial charge in [-0.2, -0.15) is 0 Å². The summed E-state index contributed by atoms with van der Waals surface area (Å²) in [6.07, 6.45) is 7.79. The van der Waals surface area contributed by atoms with Crippen molar-refractivity contribution in [2.45, 2.75) is 44.6 Å². The molecule has 5 heteroatoms. The van der Waals surface area contributed by atoms with Gasteiger partial charge >= 0.3 is 0 Å². The van der Waals surface area contributed by atoms with Gasteiger partial charge in [0.25, 0.3) is 0 Å². The van der Waals surface area contributed by atoms with Crippen molar-refractivity contribution >= 4 is 18.2 Å². The average Bonchev–Trinajstić information content (AvgIpc) is 3.08. The quantitative estimate of drug-likeness (QED) is 0.805. The van der Waals surface area contributed by atoms with Crippen molar-refractivity contribution in [2.24, 2.45) is 0 Å².